The molecule has 2 N–H and O–H groups in total. The van der Waals surface area contributed by atoms with E-state index in [0.29, 0.717) is 31.1 Å². The Morgan fingerprint density at radius 1 is 1.42 bits per heavy atom. The van der Waals surface area contributed by atoms with Gasteiger partial charge < -0.3 is 15.2 Å². The Labute approximate surface area is 147 Å². The van der Waals surface area contributed by atoms with Crippen LogP contribution in [0.25, 0.3) is 0 Å². The molecule has 1 amide bonds. The van der Waals surface area contributed by atoms with Gasteiger partial charge in [-0.15, -0.1) is 0 Å². The van der Waals surface area contributed by atoms with Crippen LogP contribution in [-0.4, -0.2) is 35.9 Å². The van der Waals surface area contributed by atoms with Crippen molar-refractivity contribution in [2.24, 2.45) is 5.92 Å². The third-order valence-corrected chi connectivity index (χ3v) is 4.87. The number of nitrogens with one attached hydrogen (secondary N) is 1. The molecule has 0 bridgehead atoms. The van der Waals surface area contributed by atoms with E-state index in [1.54, 1.807) is 12.1 Å². The van der Waals surface area contributed by atoms with Gasteiger partial charge in [-0.05, 0) is 43.9 Å². The van der Waals surface area contributed by atoms with Gasteiger partial charge in [0.05, 0.1) is 12.5 Å². The lowest BCUT2D eigenvalue weighted by molar-refractivity contribution is -0.126. The average Bonchev–Trinajstić information content (AvgIpc) is 3.08. The van der Waals surface area contributed by atoms with Crippen LogP contribution in [0, 0.1) is 17.8 Å². The lowest BCUT2D eigenvalue weighted by atomic mass is 9.82. The number of benzene rings is 1. The maximum atomic E-state index is 12.2. The van der Waals surface area contributed by atoms with Crippen LogP contribution in [0.1, 0.15) is 37.7 Å². The van der Waals surface area contributed by atoms with Crippen LogP contribution in [0.5, 0.6) is 0 Å². The highest BCUT2D eigenvalue weighted by Gasteiger charge is 2.35. The second-order valence-electron chi connectivity index (χ2n) is 6.65. The number of carbonyl (C=O) groups is 1. The van der Waals surface area contributed by atoms with Crippen LogP contribution in [0.15, 0.2) is 24.3 Å². The lowest BCUT2D eigenvalue weighted by Crippen LogP contribution is -2.46. The van der Waals surface area contributed by atoms with Crippen molar-refractivity contribution in [2.45, 2.75) is 43.7 Å². The highest BCUT2D eigenvalue weighted by molar-refractivity contribution is 6.30. The zero-order chi connectivity index (χ0) is 17.0. The Morgan fingerprint density at radius 2 is 2.29 bits per heavy atom. The summed E-state index contributed by atoms with van der Waals surface area (Å²) >= 11 is 5.96. The van der Waals surface area contributed by atoms with Crippen LogP contribution in [0.3, 0.4) is 0 Å². The molecule has 24 heavy (non-hydrogen) atoms. The van der Waals surface area contributed by atoms with E-state index in [9.17, 15) is 9.90 Å². The normalized spacial score (nSPS) is 29.6. The Morgan fingerprint density at radius 3 is 3.04 bits per heavy atom. The zero-order valence-corrected chi connectivity index (χ0v) is 14.3. The van der Waals surface area contributed by atoms with Gasteiger partial charge >= 0.3 is 0 Å². The maximum Gasteiger partial charge on any atom is 0.225 e. The number of carbonyl (C=O) groups excluding carboxylic acids is 1. The first-order valence-corrected chi connectivity index (χ1v) is 8.81. The third-order valence-electron chi connectivity index (χ3n) is 4.64. The SMILES string of the molecule is O=C(N[C@@H]1CCC[C@](O)(C#Cc2cccc(Cl)c2)C1)[C@@H]1CCOC1. The standard InChI is InChI=1S/C19H22ClNO3/c20-16-4-1-3-14(11-16)6-9-19(23)8-2-5-17(12-19)21-18(22)15-7-10-24-13-15/h1,3-4,11,15,17,23H,2,5,7-8,10,12-13H2,(H,21,22)/t15-,17-,19+/m1/s1. The van der Waals surface area contributed by atoms with E-state index in [2.05, 4.69) is 17.2 Å². The molecule has 0 unspecified atom stereocenters. The van der Waals surface area contributed by atoms with Crippen LogP contribution < -0.4 is 5.32 Å². The number of aliphatic hydroxyl groups is 1. The fourth-order valence-corrected chi connectivity index (χ4v) is 3.49. The third kappa shape index (κ3) is 4.51. The van der Waals surface area contributed by atoms with Gasteiger partial charge in [-0.1, -0.05) is 29.5 Å². The van der Waals surface area contributed by atoms with Gasteiger partial charge in [0.1, 0.15) is 5.60 Å². The smallest absolute Gasteiger partial charge is 0.225 e. The summed E-state index contributed by atoms with van der Waals surface area (Å²) in [6, 6.07) is 7.24. The Kier molecular flexibility index (Phi) is 5.45. The summed E-state index contributed by atoms with van der Waals surface area (Å²) < 4.78 is 5.26. The summed E-state index contributed by atoms with van der Waals surface area (Å²) in [4.78, 5) is 12.2. The van der Waals surface area contributed by atoms with Crippen LogP contribution in [0.2, 0.25) is 5.02 Å². The first-order valence-electron chi connectivity index (χ1n) is 8.43. The topological polar surface area (TPSA) is 58.6 Å². The fraction of sp³-hybridized carbons (Fsp3) is 0.526. The molecule has 1 aromatic carbocycles. The molecule has 2 aliphatic rings. The molecule has 128 valence electrons. The van der Waals surface area contributed by atoms with Gasteiger partial charge in [-0.2, -0.15) is 0 Å². The van der Waals surface area contributed by atoms with Crippen molar-refractivity contribution >= 4 is 17.5 Å². The van der Waals surface area contributed by atoms with Crippen molar-refractivity contribution in [3.63, 3.8) is 0 Å². The molecule has 3 atom stereocenters. The second kappa shape index (κ2) is 7.57. The number of amides is 1. The van der Waals surface area contributed by atoms with Gasteiger partial charge in [-0.3, -0.25) is 4.79 Å². The first kappa shape index (κ1) is 17.3. The molecule has 1 heterocycles. The largest absolute Gasteiger partial charge is 0.381 e. The van der Waals surface area contributed by atoms with E-state index < -0.39 is 5.60 Å². The maximum absolute atomic E-state index is 12.2. The summed E-state index contributed by atoms with van der Waals surface area (Å²) in [7, 11) is 0. The summed E-state index contributed by atoms with van der Waals surface area (Å²) in [6.45, 7) is 1.15. The minimum absolute atomic E-state index is 0.0320. The quantitative estimate of drug-likeness (QED) is 0.808. The molecule has 0 aromatic heterocycles. The van der Waals surface area contributed by atoms with Crippen LogP contribution in [-0.2, 0) is 9.53 Å². The molecular weight excluding hydrogens is 326 g/mol. The monoisotopic (exact) mass is 347 g/mol. The van der Waals surface area contributed by atoms with Crippen molar-refractivity contribution in [1.82, 2.24) is 5.32 Å². The van der Waals surface area contributed by atoms with Gasteiger partial charge in [0.15, 0.2) is 0 Å². The van der Waals surface area contributed by atoms with E-state index in [4.69, 9.17) is 16.3 Å². The van der Waals surface area contributed by atoms with E-state index in [1.165, 1.54) is 0 Å². The van der Waals surface area contributed by atoms with Gasteiger partial charge in [0.2, 0.25) is 5.91 Å². The average molecular weight is 348 g/mol. The minimum atomic E-state index is -1.06. The Balaban J connectivity index is 1.62. The highest BCUT2D eigenvalue weighted by atomic mass is 35.5. The van der Waals surface area contributed by atoms with Crippen molar-refractivity contribution < 1.29 is 14.6 Å². The van der Waals surface area contributed by atoms with Crippen molar-refractivity contribution in [1.29, 1.82) is 0 Å². The van der Waals surface area contributed by atoms with Gasteiger partial charge in [0, 0.05) is 29.7 Å². The molecule has 1 saturated heterocycles. The predicted molar refractivity (Wildman–Crippen MR) is 92.6 cm³/mol. The highest BCUT2D eigenvalue weighted by Crippen LogP contribution is 2.28. The molecule has 1 saturated carbocycles. The van der Waals surface area contributed by atoms with Crippen molar-refractivity contribution in [3.05, 3.63) is 34.9 Å². The summed E-state index contributed by atoms with van der Waals surface area (Å²) in [6.07, 6.45) is 3.57. The summed E-state index contributed by atoms with van der Waals surface area (Å²) in [5.41, 5.74) is -0.282. The Hall–Kier alpha value is -1.54. The zero-order valence-electron chi connectivity index (χ0n) is 13.6. The van der Waals surface area contributed by atoms with Crippen LogP contribution >= 0.6 is 11.6 Å². The lowest BCUT2D eigenvalue weighted by Gasteiger charge is -2.33. The molecule has 0 radical (unpaired) electrons. The van der Waals surface area contributed by atoms with Gasteiger partial charge in [-0.25, -0.2) is 0 Å². The number of halogens is 1. The number of ether oxygens (including phenoxy) is 1. The van der Waals surface area contributed by atoms with E-state index >= 15 is 0 Å². The van der Waals surface area contributed by atoms with Gasteiger partial charge in [0.25, 0.3) is 0 Å². The van der Waals surface area contributed by atoms with Crippen molar-refractivity contribution in [3.8, 4) is 11.8 Å². The number of hydrogen-bond acceptors (Lipinski definition) is 3. The summed E-state index contributed by atoms with van der Waals surface area (Å²) in [5, 5.41) is 14.4. The Bertz CT molecular complexity index is 660. The molecule has 1 aliphatic carbocycles. The first-order chi connectivity index (χ1) is 11.5. The molecule has 3 rings (SSSR count). The number of rotatable bonds is 2. The molecule has 0 spiro atoms. The fourth-order valence-electron chi connectivity index (χ4n) is 3.30. The molecular formula is C19H22ClNO3. The number of hydrogen-bond donors (Lipinski definition) is 2. The molecule has 1 aromatic rings. The van der Waals surface area contributed by atoms with E-state index in [1.807, 2.05) is 12.1 Å². The van der Waals surface area contributed by atoms with Crippen LogP contribution in [0.4, 0.5) is 0 Å². The van der Waals surface area contributed by atoms with E-state index in [0.717, 1.165) is 24.8 Å². The van der Waals surface area contributed by atoms with E-state index in [-0.39, 0.29) is 17.9 Å². The summed E-state index contributed by atoms with van der Waals surface area (Å²) in [5.74, 6) is 5.97. The molecule has 1 aliphatic heterocycles. The minimum Gasteiger partial charge on any atom is -0.381 e. The molecule has 4 nitrogen and oxygen atoms in total. The molecule has 2 fully saturated rings. The second-order valence-corrected chi connectivity index (χ2v) is 7.09. The van der Waals surface area contributed by atoms with Crippen molar-refractivity contribution in [2.75, 3.05) is 13.2 Å². The molecule has 5 heteroatoms. The predicted octanol–water partition coefficient (Wildman–Crippen LogP) is 2.52.